The topological polar surface area (TPSA) is 66.8 Å². The molecule has 0 aromatic heterocycles. The minimum Gasteiger partial charge on any atom is -0.503 e. The van der Waals surface area contributed by atoms with Crippen LogP contribution >= 0.6 is 0 Å². The van der Waals surface area contributed by atoms with Gasteiger partial charge in [-0.25, -0.2) is 0 Å². The van der Waals surface area contributed by atoms with Crippen LogP contribution < -0.4 is 9.64 Å². The number of rotatable bonds is 6. The van der Waals surface area contributed by atoms with Crippen molar-refractivity contribution in [3.63, 3.8) is 0 Å². The molecule has 0 saturated heterocycles. The van der Waals surface area contributed by atoms with Crippen LogP contribution in [0.25, 0.3) is 0 Å². The summed E-state index contributed by atoms with van der Waals surface area (Å²) >= 11 is 0. The molecule has 1 aliphatic heterocycles. The Balaban J connectivity index is 2.13. The zero-order valence-electron chi connectivity index (χ0n) is 14.8. The highest BCUT2D eigenvalue weighted by molar-refractivity contribution is 6.16. The van der Waals surface area contributed by atoms with Gasteiger partial charge in [0.25, 0.3) is 5.91 Å². The third kappa shape index (κ3) is 3.08. The molecular formula is C21H21NO4. The summed E-state index contributed by atoms with van der Waals surface area (Å²) in [6.45, 7) is 4.10. The van der Waals surface area contributed by atoms with E-state index in [0.717, 1.165) is 5.56 Å². The maximum atomic E-state index is 12.8. The average Bonchev–Trinajstić information content (AvgIpc) is 2.93. The fourth-order valence-corrected chi connectivity index (χ4v) is 3.19. The predicted molar refractivity (Wildman–Crippen MR) is 99.2 cm³/mol. The molecule has 1 N–H and O–H groups in total. The van der Waals surface area contributed by atoms with E-state index in [2.05, 4.69) is 0 Å². The van der Waals surface area contributed by atoms with Crippen LogP contribution in [-0.4, -0.2) is 23.4 Å². The largest absolute Gasteiger partial charge is 0.503 e. The van der Waals surface area contributed by atoms with E-state index >= 15 is 0 Å². The van der Waals surface area contributed by atoms with Gasteiger partial charge in [-0.3, -0.25) is 14.5 Å². The normalized spacial score (nSPS) is 16.9. The van der Waals surface area contributed by atoms with Gasteiger partial charge in [0.05, 0.1) is 18.2 Å². The lowest BCUT2D eigenvalue weighted by molar-refractivity contribution is -0.118. The Morgan fingerprint density at radius 2 is 1.85 bits per heavy atom. The number of hydrogen-bond donors (Lipinski definition) is 1. The van der Waals surface area contributed by atoms with Crippen molar-refractivity contribution in [3.8, 4) is 5.75 Å². The first-order chi connectivity index (χ1) is 12.6. The first-order valence-electron chi connectivity index (χ1n) is 8.66. The molecule has 1 unspecified atom stereocenters. The lowest BCUT2D eigenvalue weighted by atomic mass is 9.95. The van der Waals surface area contributed by atoms with Crippen molar-refractivity contribution in [2.75, 3.05) is 11.5 Å². The molecule has 2 aromatic carbocycles. The van der Waals surface area contributed by atoms with Gasteiger partial charge in [0, 0.05) is 18.2 Å². The van der Waals surface area contributed by atoms with Crippen molar-refractivity contribution < 1.29 is 19.4 Å². The molecule has 0 aliphatic carbocycles. The van der Waals surface area contributed by atoms with Crippen LogP contribution in [0.15, 0.2) is 65.9 Å². The molecule has 0 saturated carbocycles. The van der Waals surface area contributed by atoms with E-state index in [-0.39, 0.29) is 17.8 Å². The van der Waals surface area contributed by atoms with Crippen LogP contribution in [0.3, 0.4) is 0 Å². The fourth-order valence-electron chi connectivity index (χ4n) is 3.19. The molecule has 2 aromatic rings. The number of aliphatic hydroxyl groups is 1. The van der Waals surface area contributed by atoms with Crippen molar-refractivity contribution in [1.29, 1.82) is 0 Å². The molecule has 134 valence electrons. The van der Waals surface area contributed by atoms with Gasteiger partial charge in [0.15, 0.2) is 11.5 Å². The second-order valence-electron chi connectivity index (χ2n) is 5.96. The predicted octanol–water partition coefficient (Wildman–Crippen LogP) is 3.96. The molecular weight excluding hydrogens is 330 g/mol. The molecule has 0 fully saturated rings. The minimum absolute atomic E-state index is 0.144. The first kappa shape index (κ1) is 17.7. The van der Waals surface area contributed by atoms with E-state index in [1.54, 1.807) is 31.2 Å². The summed E-state index contributed by atoms with van der Waals surface area (Å²) in [6, 6.07) is 15.7. The van der Waals surface area contributed by atoms with Gasteiger partial charge >= 0.3 is 0 Å². The zero-order chi connectivity index (χ0) is 18.7. The zero-order valence-corrected chi connectivity index (χ0v) is 14.8. The van der Waals surface area contributed by atoms with E-state index in [1.165, 1.54) is 4.90 Å². The van der Waals surface area contributed by atoms with Crippen molar-refractivity contribution >= 4 is 17.4 Å². The second-order valence-corrected chi connectivity index (χ2v) is 5.96. The number of ketones is 1. The van der Waals surface area contributed by atoms with Crippen molar-refractivity contribution in [1.82, 2.24) is 0 Å². The molecule has 5 heteroatoms. The van der Waals surface area contributed by atoms with E-state index in [0.29, 0.717) is 18.0 Å². The van der Waals surface area contributed by atoms with Gasteiger partial charge in [-0.05, 0) is 24.6 Å². The van der Waals surface area contributed by atoms with Crippen LogP contribution in [0.2, 0.25) is 0 Å². The van der Waals surface area contributed by atoms with Crippen molar-refractivity contribution in [2.24, 2.45) is 0 Å². The van der Waals surface area contributed by atoms with Crippen LogP contribution in [0, 0.1) is 0 Å². The van der Waals surface area contributed by atoms with E-state index in [9.17, 15) is 14.7 Å². The number of Topliss-reactive ketones (excluding diaryl/α,β-unsaturated/α-hetero) is 1. The van der Waals surface area contributed by atoms with E-state index in [4.69, 9.17) is 4.74 Å². The number of aliphatic hydroxyl groups excluding tert-OH is 1. The van der Waals surface area contributed by atoms with Gasteiger partial charge in [0.2, 0.25) is 0 Å². The molecule has 0 bridgehead atoms. The number of nitrogens with zero attached hydrogens (tertiary/aromatic N) is 1. The van der Waals surface area contributed by atoms with Gasteiger partial charge in [-0.2, -0.15) is 0 Å². The smallest absolute Gasteiger partial charge is 0.294 e. The summed E-state index contributed by atoms with van der Waals surface area (Å²) in [6.07, 6.45) is 0.211. The number of amides is 1. The Bertz CT molecular complexity index is 857. The molecule has 1 aliphatic rings. The fraction of sp³-hybridized carbons (Fsp3) is 0.238. The number of carbonyl (C=O) groups is 2. The minimum atomic E-state index is -0.659. The van der Waals surface area contributed by atoms with Crippen molar-refractivity contribution in [3.05, 3.63) is 71.5 Å². The van der Waals surface area contributed by atoms with Gasteiger partial charge in [-0.1, -0.05) is 43.3 Å². The number of ether oxygens (including phenoxy) is 1. The van der Waals surface area contributed by atoms with Crippen LogP contribution in [0.5, 0.6) is 5.75 Å². The quantitative estimate of drug-likeness (QED) is 0.855. The van der Waals surface area contributed by atoms with E-state index in [1.807, 2.05) is 37.3 Å². The Kier molecular flexibility index (Phi) is 5.07. The Hall–Kier alpha value is -3.08. The number of benzene rings is 2. The van der Waals surface area contributed by atoms with Gasteiger partial charge in [-0.15, -0.1) is 0 Å². The summed E-state index contributed by atoms with van der Waals surface area (Å²) in [4.78, 5) is 26.7. The Morgan fingerprint density at radius 3 is 2.50 bits per heavy atom. The molecule has 1 amide bonds. The SMILES string of the molecule is CCOc1cccc(N2C(=O)C(O)=C(C(=O)CC)C2c2ccccc2)c1. The molecule has 3 rings (SSSR count). The summed E-state index contributed by atoms with van der Waals surface area (Å²) < 4.78 is 5.52. The molecule has 5 nitrogen and oxygen atoms in total. The molecule has 26 heavy (non-hydrogen) atoms. The summed E-state index contributed by atoms with van der Waals surface area (Å²) in [5.41, 5.74) is 1.48. The summed E-state index contributed by atoms with van der Waals surface area (Å²) in [5, 5.41) is 10.4. The maximum absolute atomic E-state index is 12.8. The van der Waals surface area contributed by atoms with Gasteiger partial charge in [0.1, 0.15) is 5.75 Å². The van der Waals surface area contributed by atoms with Crippen LogP contribution in [-0.2, 0) is 9.59 Å². The first-order valence-corrected chi connectivity index (χ1v) is 8.66. The van der Waals surface area contributed by atoms with Crippen molar-refractivity contribution in [2.45, 2.75) is 26.3 Å². The standard InChI is InChI=1S/C21H21NO4/c1-3-17(23)18-19(14-9-6-5-7-10-14)22(21(25)20(18)24)15-11-8-12-16(13-15)26-4-2/h5-13,19,24H,3-4H2,1-2H3. The highest BCUT2D eigenvalue weighted by Gasteiger charge is 2.43. The number of anilines is 1. The maximum Gasteiger partial charge on any atom is 0.294 e. The lowest BCUT2D eigenvalue weighted by Crippen LogP contribution is -2.31. The highest BCUT2D eigenvalue weighted by Crippen LogP contribution is 2.41. The third-order valence-corrected chi connectivity index (χ3v) is 4.35. The van der Waals surface area contributed by atoms with Gasteiger partial charge < -0.3 is 9.84 Å². The average molecular weight is 351 g/mol. The molecule has 0 radical (unpaired) electrons. The number of hydrogen-bond acceptors (Lipinski definition) is 4. The second kappa shape index (κ2) is 7.44. The van der Waals surface area contributed by atoms with E-state index < -0.39 is 17.7 Å². The molecule has 0 spiro atoms. The number of carbonyl (C=O) groups excluding carboxylic acids is 2. The molecule has 1 atom stereocenters. The summed E-state index contributed by atoms with van der Waals surface area (Å²) in [7, 11) is 0. The highest BCUT2D eigenvalue weighted by atomic mass is 16.5. The van der Waals surface area contributed by atoms with Crippen LogP contribution in [0.1, 0.15) is 31.9 Å². The monoisotopic (exact) mass is 351 g/mol. The summed E-state index contributed by atoms with van der Waals surface area (Å²) in [5.74, 6) is -0.677. The Labute approximate surface area is 152 Å². The molecule has 1 heterocycles. The van der Waals surface area contributed by atoms with Crippen LogP contribution in [0.4, 0.5) is 5.69 Å². The lowest BCUT2D eigenvalue weighted by Gasteiger charge is -2.27. The third-order valence-electron chi connectivity index (χ3n) is 4.35. The Morgan fingerprint density at radius 1 is 1.12 bits per heavy atom.